The van der Waals surface area contributed by atoms with Gasteiger partial charge in [-0.2, -0.15) is 0 Å². The topological polar surface area (TPSA) is 45.2 Å². The molecule has 1 aromatic carbocycles. The molecule has 0 aliphatic carbocycles. The number of aromatic nitrogens is 1. The van der Waals surface area contributed by atoms with E-state index in [-0.39, 0.29) is 5.91 Å². The second-order valence-electron chi connectivity index (χ2n) is 4.97. The lowest BCUT2D eigenvalue weighted by Gasteiger charge is -2.26. The van der Waals surface area contributed by atoms with E-state index < -0.39 is 0 Å². The first-order chi connectivity index (χ1) is 10.3. The van der Waals surface area contributed by atoms with E-state index in [0.29, 0.717) is 5.56 Å². The van der Waals surface area contributed by atoms with Crippen molar-refractivity contribution in [2.45, 2.75) is 6.42 Å². The summed E-state index contributed by atoms with van der Waals surface area (Å²) in [4.78, 5) is 16.0. The first kappa shape index (κ1) is 13.5. The Labute approximate surface area is 124 Å². The van der Waals surface area contributed by atoms with Crippen LogP contribution < -0.4 is 5.43 Å². The summed E-state index contributed by atoms with van der Waals surface area (Å²) in [5.74, 6) is -0.0889. The van der Waals surface area contributed by atoms with Crippen molar-refractivity contribution in [2.24, 2.45) is 0 Å². The Kier molecular flexibility index (Phi) is 4.07. The third-order valence-corrected chi connectivity index (χ3v) is 3.56. The fraction of sp³-hybridized carbons (Fsp3) is 0.176. The molecule has 2 heterocycles. The summed E-state index contributed by atoms with van der Waals surface area (Å²) in [6.07, 6.45) is 6.35. The SMILES string of the molecule is O=C(NN1CC=C(c2ccccc2)CC1)c1ccncc1. The predicted molar refractivity (Wildman–Crippen MR) is 82.3 cm³/mol. The minimum absolute atomic E-state index is 0.0889. The fourth-order valence-electron chi connectivity index (χ4n) is 2.40. The number of hydrogen-bond donors (Lipinski definition) is 1. The number of nitrogens with one attached hydrogen (secondary N) is 1. The van der Waals surface area contributed by atoms with Gasteiger partial charge < -0.3 is 0 Å². The smallest absolute Gasteiger partial charge is 0.265 e. The van der Waals surface area contributed by atoms with Gasteiger partial charge in [-0.15, -0.1) is 0 Å². The summed E-state index contributed by atoms with van der Waals surface area (Å²) >= 11 is 0. The van der Waals surface area contributed by atoms with Crippen molar-refractivity contribution in [2.75, 3.05) is 13.1 Å². The standard InChI is InChI=1S/C17H17N3O/c21-17(16-6-10-18-11-7-16)19-20-12-8-15(9-13-20)14-4-2-1-3-5-14/h1-8,10-11H,9,12-13H2,(H,19,21). The van der Waals surface area contributed by atoms with Crippen molar-refractivity contribution >= 4 is 11.5 Å². The molecule has 1 N–H and O–H groups in total. The van der Waals surface area contributed by atoms with Gasteiger partial charge in [0.15, 0.2) is 0 Å². The number of rotatable bonds is 3. The Morgan fingerprint density at radius 2 is 1.86 bits per heavy atom. The zero-order valence-electron chi connectivity index (χ0n) is 11.7. The summed E-state index contributed by atoms with van der Waals surface area (Å²) in [6, 6.07) is 13.8. The van der Waals surface area contributed by atoms with Crippen LogP contribution in [0.4, 0.5) is 0 Å². The maximum Gasteiger partial charge on any atom is 0.265 e. The molecule has 3 rings (SSSR count). The van der Waals surface area contributed by atoms with Crippen molar-refractivity contribution in [3.63, 3.8) is 0 Å². The molecule has 0 bridgehead atoms. The average Bonchev–Trinajstić information content (AvgIpc) is 2.57. The second kappa shape index (κ2) is 6.33. The molecule has 1 aliphatic rings. The van der Waals surface area contributed by atoms with E-state index in [1.54, 1.807) is 24.5 Å². The maximum atomic E-state index is 12.1. The van der Waals surface area contributed by atoms with E-state index in [1.165, 1.54) is 11.1 Å². The summed E-state index contributed by atoms with van der Waals surface area (Å²) in [7, 11) is 0. The number of hydrazine groups is 1. The van der Waals surface area contributed by atoms with Crippen LogP contribution in [-0.2, 0) is 0 Å². The summed E-state index contributed by atoms with van der Waals surface area (Å²) in [5, 5.41) is 1.94. The molecular formula is C17H17N3O. The average molecular weight is 279 g/mol. The monoisotopic (exact) mass is 279 g/mol. The minimum atomic E-state index is -0.0889. The molecule has 0 atom stereocenters. The van der Waals surface area contributed by atoms with Gasteiger partial charge in [-0.1, -0.05) is 36.4 Å². The Balaban J connectivity index is 1.61. The van der Waals surface area contributed by atoms with E-state index in [0.717, 1.165) is 19.5 Å². The van der Waals surface area contributed by atoms with Crippen LogP contribution in [0.15, 0.2) is 60.9 Å². The van der Waals surface area contributed by atoms with Gasteiger partial charge in [0, 0.05) is 31.0 Å². The highest BCUT2D eigenvalue weighted by molar-refractivity contribution is 5.93. The van der Waals surface area contributed by atoms with E-state index in [2.05, 4.69) is 28.6 Å². The Hall–Kier alpha value is -2.46. The van der Waals surface area contributed by atoms with Crippen molar-refractivity contribution in [3.8, 4) is 0 Å². The number of amides is 1. The molecule has 0 unspecified atom stereocenters. The molecule has 1 amide bonds. The normalized spacial score (nSPS) is 15.3. The molecule has 4 nitrogen and oxygen atoms in total. The zero-order valence-corrected chi connectivity index (χ0v) is 11.7. The van der Waals surface area contributed by atoms with Crippen molar-refractivity contribution in [1.29, 1.82) is 0 Å². The number of carbonyl (C=O) groups excluding carboxylic acids is 1. The van der Waals surface area contributed by atoms with Crippen LogP contribution in [0.3, 0.4) is 0 Å². The fourth-order valence-corrected chi connectivity index (χ4v) is 2.40. The molecule has 0 radical (unpaired) electrons. The molecule has 0 saturated carbocycles. The van der Waals surface area contributed by atoms with Crippen LogP contribution >= 0.6 is 0 Å². The molecule has 0 saturated heterocycles. The maximum absolute atomic E-state index is 12.1. The minimum Gasteiger partial charge on any atom is -0.284 e. The van der Waals surface area contributed by atoms with Crippen LogP contribution in [0, 0.1) is 0 Å². The third kappa shape index (κ3) is 3.35. The molecule has 21 heavy (non-hydrogen) atoms. The number of hydrogen-bond acceptors (Lipinski definition) is 3. The molecule has 0 fully saturated rings. The van der Waals surface area contributed by atoms with Crippen LogP contribution in [0.5, 0.6) is 0 Å². The lowest BCUT2D eigenvalue weighted by Crippen LogP contribution is -2.44. The Morgan fingerprint density at radius 3 is 2.52 bits per heavy atom. The van der Waals surface area contributed by atoms with E-state index >= 15 is 0 Å². The van der Waals surface area contributed by atoms with E-state index in [1.807, 2.05) is 23.2 Å². The molecular weight excluding hydrogens is 262 g/mol. The highest BCUT2D eigenvalue weighted by atomic mass is 16.2. The highest BCUT2D eigenvalue weighted by Gasteiger charge is 2.15. The number of nitrogens with zero attached hydrogens (tertiary/aromatic N) is 2. The van der Waals surface area contributed by atoms with E-state index in [9.17, 15) is 4.79 Å². The van der Waals surface area contributed by atoms with Crippen molar-refractivity contribution in [1.82, 2.24) is 15.4 Å². The quantitative estimate of drug-likeness (QED) is 0.939. The molecule has 4 heteroatoms. The predicted octanol–water partition coefficient (Wildman–Crippen LogP) is 2.52. The lowest BCUT2D eigenvalue weighted by atomic mass is 10.0. The summed E-state index contributed by atoms with van der Waals surface area (Å²) < 4.78 is 0. The molecule has 1 aliphatic heterocycles. The van der Waals surface area contributed by atoms with Crippen LogP contribution in [-0.4, -0.2) is 29.0 Å². The Bertz CT molecular complexity index is 638. The summed E-state index contributed by atoms with van der Waals surface area (Å²) in [6.45, 7) is 1.54. The molecule has 0 spiro atoms. The van der Waals surface area contributed by atoms with Crippen molar-refractivity contribution < 1.29 is 4.79 Å². The highest BCUT2D eigenvalue weighted by Crippen LogP contribution is 2.21. The van der Waals surface area contributed by atoms with Crippen LogP contribution in [0.2, 0.25) is 0 Å². The Morgan fingerprint density at radius 1 is 1.10 bits per heavy atom. The largest absolute Gasteiger partial charge is 0.284 e. The van der Waals surface area contributed by atoms with Gasteiger partial charge in [0.1, 0.15) is 0 Å². The van der Waals surface area contributed by atoms with Gasteiger partial charge in [-0.3, -0.25) is 15.2 Å². The second-order valence-corrected chi connectivity index (χ2v) is 4.97. The number of pyridine rings is 1. The van der Waals surface area contributed by atoms with Gasteiger partial charge in [0.2, 0.25) is 0 Å². The first-order valence-corrected chi connectivity index (χ1v) is 7.03. The summed E-state index contributed by atoms with van der Waals surface area (Å²) in [5.41, 5.74) is 6.16. The zero-order chi connectivity index (χ0) is 14.5. The van der Waals surface area contributed by atoms with Crippen molar-refractivity contribution in [3.05, 3.63) is 72.1 Å². The molecule has 106 valence electrons. The van der Waals surface area contributed by atoms with Gasteiger partial charge in [0.05, 0.1) is 0 Å². The van der Waals surface area contributed by atoms with Gasteiger partial charge in [-0.05, 0) is 29.7 Å². The third-order valence-electron chi connectivity index (χ3n) is 3.56. The van der Waals surface area contributed by atoms with Crippen LogP contribution in [0.25, 0.3) is 5.57 Å². The van der Waals surface area contributed by atoms with Gasteiger partial charge >= 0.3 is 0 Å². The van der Waals surface area contributed by atoms with Gasteiger partial charge in [0.25, 0.3) is 5.91 Å². The first-order valence-electron chi connectivity index (χ1n) is 7.03. The lowest BCUT2D eigenvalue weighted by molar-refractivity contribution is 0.0806. The number of carbonyl (C=O) groups is 1. The molecule has 1 aromatic heterocycles. The van der Waals surface area contributed by atoms with Crippen LogP contribution in [0.1, 0.15) is 22.3 Å². The van der Waals surface area contributed by atoms with Gasteiger partial charge in [-0.25, -0.2) is 5.01 Å². The number of benzene rings is 1. The molecule has 2 aromatic rings. The van der Waals surface area contributed by atoms with E-state index in [4.69, 9.17) is 0 Å².